The molecule has 2 amide bonds. The SMILES string of the molecule is CN(C)c1ccc(NC(=O)C2CCC2)cc1CN(C[C@H]1CCCO1)C(=O)C(C)(C)C. The van der Waals surface area contributed by atoms with Gasteiger partial charge in [0, 0.05) is 56.5 Å². The molecule has 2 aliphatic rings. The third kappa shape index (κ3) is 5.54. The van der Waals surface area contributed by atoms with Gasteiger partial charge in [-0.25, -0.2) is 0 Å². The van der Waals surface area contributed by atoms with Gasteiger partial charge in [0.2, 0.25) is 11.8 Å². The van der Waals surface area contributed by atoms with E-state index in [0.717, 1.165) is 55.6 Å². The molecule has 0 unspecified atom stereocenters. The lowest BCUT2D eigenvalue weighted by Gasteiger charge is -2.32. The molecule has 0 spiro atoms. The number of benzene rings is 1. The quantitative estimate of drug-likeness (QED) is 0.730. The fourth-order valence-corrected chi connectivity index (χ4v) is 4.07. The second kappa shape index (κ2) is 9.38. The van der Waals surface area contributed by atoms with Crippen LogP contribution in [0.2, 0.25) is 0 Å². The molecule has 166 valence electrons. The van der Waals surface area contributed by atoms with Crippen molar-refractivity contribution >= 4 is 23.2 Å². The molecule has 6 nitrogen and oxygen atoms in total. The van der Waals surface area contributed by atoms with Crippen molar-refractivity contribution in [3.8, 4) is 0 Å². The van der Waals surface area contributed by atoms with Crippen molar-refractivity contribution in [2.75, 3.05) is 37.5 Å². The topological polar surface area (TPSA) is 61.9 Å². The highest BCUT2D eigenvalue weighted by molar-refractivity contribution is 5.93. The largest absolute Gasteiger partial charge is 0.377 e. The van der Waals surface area contributed by atoms with Gasteiger partial charge in [-0.3, -0.25) is 9.59 Å². The van der Waals surface area contributed by atoms with Gasteiger partial charge in [-0.05, 0) is 49.4 Å². The van der Waals surface area contributed by atoms with Gasteiger partial charge in [-0.2, -0.15) is 0 Å². The number of ether oxygens (including phenoxy) is 1. The van der Waals surface area contributed by atoms with Crippen LogP contribution < -0.4 is 10.2 Å². The zero-order chi connectivity index (χ0) is 21.9. The minimum absolute atomic E-state index is 0.0978. The monoisotopic (exact) mass is 415 g/mol. The molecule has 1 aromatic carbocycles. The lowest BCUT2D eigenvalue weighted by molar-refractivity contribution is -0.141. The average molecular weight is 416 g/mol. The third-order valence-electron chi connectivity index (χ3n) is 6.04. The summed E-state index contributed by atoms with van der Waals surface area (Å²) in [6, 6.07) is 5.99. The first kappa shape index (κ1) is 22.6. The summed E-state index contributed by atoms with van der Waals surface area (Å²) in [5, 5.41) is 3.07. The van der Waals surface area contributed by atoms with Crippen LogP contribution in [0.4, 0.5) is 11.4 Å². The number of nitrogens with one attached hydrogen (secondary N) is 1. The number of amides is 2. The van der Waals surface area contributed by atoms with E-state index in [0.29, 0.717) is 13.1 Å². The van der Waals surface area contributed by atoms with Crippen molar-refractivity contribution < 1.29 is 14.3 Å². The normalized spacial score (nSPS) is 19.3. The summed E-state index contributed by atoms with van der Waals surface area (Å²) in [4.78, 5) is 29.6. The van der Waals surface area contributed by atoms with Crippen LogP contribution in [0.1, 0.15) is 58.4 Å². The predicted molar refractivity (Wildman–Crippen MR) is 121 cm³/mol. The van der Waals surface area contributed by atoms with Crippen LogP contribution in [0.3, 0.4) is 0 Å². The first-order valence-electron chi connectivity index (χ1n) is 11.2. The van der Waals surface area contributed by atoms with Crippen LogP contribution in [0.15, 0.2) is 18.2 Å². The van der Waals surface area contributed by atoms with E-state index in [4.69, 9.17) is 4.74 Å². The predicted octanol–water partition coefficient (Wildman–Crippen LogP) is 4.04. The lowest BCUT2D eigenvalue weighted by atomic mass is 9.85. The van der Waals surface area contributed by atoms with E-state index < -0.39 is 5.41 Å². The fourth-order valence-electron chi connectivity index (χ4n) is 4.07. The van der Waals surface area contributed by atoms with Gasteiger partial charge in [0.15, 0.2) is 0 Å². The van der Waals surface area contributed by atoms with Crippen LogP contribution in [-0.4, -0.2) is 50.1 Å². The Kier molecular flexibility index (Phi) is 7.06. The standard InChI is InChI=1S/C24H37N3O3/c1-24(2,3)23(29)27(16-20-10-7-13-30-20)15-18-14-19(11-12-21(18)26(4)5)25-22(28)17-8-6-9-17/h11-12,14,17,20H,6-10,13,15-16H2,1-5H3,(H,25,28)/t20-/m1/s1. The van der Waals surface area contributed by atoms with Crippen molar-refractivity contribution in [3.05, 3.63) is 23.8 Å². The molecule has 0 aromatic heterocycles. The molecule has 2 fully saturated rings. The Labute approximate surface area is 180 Å². The van der Waals surface area contributed by atoms with Gasteiger partial charge in [0.25, 0.3) is 0 Å². The maximum atomic E-state index is 13.2. The average Bonchev–Trinajstić information content (AvgIpc) is 3.11. The van der Waals surface area contributed by atoms with E-state index >= 15 is 0 Å². The van der Waals surface area contributed by atoms with E-state index in [9.17, 15) is 9.59 Å². The van der Waals surface area contributed by atoms with E-state index in [-0.39, 0.29) is 23.8 Å². The molecule has 1 aliphatic heterocycles. The van der Waals surface area contributed by atoms with E-state index in [2.05, 4.69) is 10.2 Å². The summed E-state index contributed by atoms with van der Waals surface area (Å²) >= 11 is 0. The Hall–Kier alpha value is -2.08. The fraction of sp³-hybridized carbons (Fsp3) is 0.667. The number of hydrogen-bond acceptors (Lipinski definition) is 4. The molecule has 1 aliphatic carbocycles. The maximum absolute atomic E-state index is 13.2. The van der Waals surface area contributed by atoms with Gasteiger partial charge in [-0.15, -0.1) is 0 Å². The Morgan fingerprint density at radius 1 is 1.13 bits per heavy atom. The molecule has 1 saturated carbocycles. The van der Waals surface area contributed by atoms with Gasteiger partial charge in [0.05, 0.1) is 6.10 Å². The van der Waals surface area contributed by atoms with Crippen molar-refractivity contribution in [2.24, 2.45) is 11.3 Å². The van der Waals surface area contributed by atoms with Crippen molar-refractivity contribution in [1.82, 2.24) is 4.90 Å². The van der Waals surface area contributed by atoms with E-state index in [1.165, 1.54) is 0 Å². The molecule has 0 bridgehead atoms. The van der Waals surface area contributed by atoms with Crippen LogP contribution in [0.5, 0.6) is 0 Å². The second-order valence-corrected chi connectivity index (χ2v) is 9.93. The van der Waals surface area contributed by atoms with Crippen molar-refractivity contribution in [3.63, 3.8) is 0 Å². The highest BCUT2D eigenvalue weighted by Crippen LogP contribution is 2.30. The second-order valence-electron chi connectivity index (χ2n) is 9.93. The Bertz CT molecular complexity index is 759. The van der Waals surface area contributed by atoms with Crippen LogP contribution in [0.25, 0.3) is 0 Å². The van der Waals surface area contributed by atoms with Gasteiger partial charge in [-0.1, -0.05) is 27.2 Å². The summed E-state index contributed by atoms with van der Waals surface area (Å²) in [6.07, 6.45) is 5.23. The van der Waals surface area contributed by atoms with Gasteiger partial charge >= 0.3 is 0 Å². The summed E-state index contributed by atoms with van der Waals surface area (Å²) in [6.45, 7) is 7.74. The molecule has 1 aromatic rings. The number of rotatable bonds is 7. The zero-order valence-corrected chi connectivity index (χ0v) is 19.2. The van der Waals surface area contributed by atoms with Crippen LogP contribution >= 0.6 is 0 Å². The number of anilines is 2. The molecule has 1 heterocycles. The molecule has 6 heteroatoms. The minimum atomic E-state index is -0.465. The lowest BCUT2D eigenvalue weighted by Crippen LogP contribution is -2.43. The van der Waals surface area contributed by atoms with Crippen LogP contribution in [0, 0.1) is 11.3 Å². The Morgan fingerprint density at radius 3 is 2.40 bits per heavy atom. The van der Waals surface area contributed by atoms with E-state index in [1.807, 2.05) is 58.0 Å². The summed E-state index contributed by atoms with van der Waals surface area (Å²) in [5.41, 5.74) is 2.41. The summed E-state index contributed by atoms with van der Waals surface area (Å²) < 4.78 is 5.82. The third-order valence-corrected chi connectivity index (χ3v) is 6.04. The molecule has 1 N–H and O–H groups in total. The molecule has 3 rings (SSSR count). The minimum Gasteiger partial charge on any atom is -0.377 e. The highest BCUT2D eigenvalue weighted by Gasteiger charge is 2.31. The van der Waals surface area contributed by atoms with Crippen LogP contribution in [-0.2, 0) is 20.9 Å². The number of nitrogens with zero attached hydrogens (tertiary/aromatic N) is 2. The number of carbonyl (C=O) groups excluding carboxylic acids is 2. The zero-order valence-electron chi connectivity index (χ0n) is 19.2. The number of carbonyl (C=O) groups is 2. The Morgan fingerprint density at radius 2 is 1.87 bits per heavy atom. The maximum Gasteiger partial charge on any atom is 0.228 e. The molecular weight excluding hydrogens is 378 g/mol. The molecule has 1 atom stereocenters. The van der Waals surface area contributed by atoms with Gasteiger partial charge < -0.3 is 19.9 Å². The number of hydrogen-bond donors (Lipinski definition) is 1. The van der Waals surface area contributed by atoms with Crippen molar-refractivity contribution in [1.29, 1.82) is 0 Å². The summed E-state index contributed by atoms with van der Waals surface area (Å²) in [7, 11) is 4.00. The van der Waals surface area contributed by atoms with E-state index in [1.54, 1.807) is 0 Å². The van der Waals surface area contributed by atoms with Crippen molar-refractivity contribution in [2.45, 2.75) is 65.5 Å². The smallest absolute Gasteiger partial charge is 0.228 e. The molecule has 0 radical (unpaired) electrons. The first-order valence-corrected chi connectivity index (χ1v) is 11.2. The molecule has 1 saturated heterocycles. The Balaban J connectivity index is 1.83. The van der Waals surface area contributed by atoms with Gasteiger partial charge in [0.1, 0.15) is 0 Å². The summed E-state index contributed by atoms with van der Waals surface area (Å²) in [5.74, 6) is 0.360. The molecular formula is C24H37N3O3. The molecule has 30 heavy (non-hydrogen) atoms. The highest BCUT2D eigenvalue weighted by atomic mass is 16.5. The first-order chi connectivity index (χ1) is 14.1.